The number of carbonyl (C=O) groups excluding carboxylic acids is 2. The van der Waals surface area contributed by atoms with Crippen LogP contribution in [0.3, 0.4) is 0 Å². The molecule has 1 fully saturated rings. The van der Waals surface area contributed by atoms with E-state index in [4.69, 9.17) is 11.5 Å². The molecule has 0 spiro atoms. The minimum absolute atomic E-state index is 0. The van der Waals surface area contributed by atoms with E-state index in [2.05, 4.69) is 0 Å². The highest BCUT2D eigenvalue weighted by Crippen LogP contribution is 2.20. The van der Waals surface area contributed by atoms with E-state index >= 15 is 0 Å². The van der Waals surface area contributed by atoms with E-state index in [1.165, 1.54) is 0 Å². The van der Waals surface area contributed by atoms with Crippen molar-refractivity contribution in [3.63, 3.8) is 0 Å². The number of carbonyl (C=O) groups is 2. The molecule has 4 N–H and O–H groups in total. The molecule has 88 valence electrons. The van der Waals surface area contributed by atoms with Crippen molar-refractivity contribution in [2.75, 3.05) is 13.1 Å². The Hall–Kier alpha value is -0.810. The lowest BCUT2D eigenvalue weighted by molar-refractivity contribution is -0.136. The van der Waals surface area contributed by atoms with Crippen LogP contribution >= 0.6 is 12.4 Å². The summed E-state index contributed by atoms with van der Waals surface area (Å²) in [7, 11) is 0. The number of hydrogen-bond donors (Lipinski definition) is 2. The molecule has 0 saturated carbocycles. The van der Waals surface area contributed by atoms with Gasteiger partial charge in [-0.15, -0.1) is 12.4 Å². The van der Waals surface area contributed by atoms with Gasteiger partial charge in [-0.25, -0.2) is 0 Å². The molecule has 1 heterocycles. The number of nitrogens with zero attached hydrogens (tertiary/aromatic N) is 1. The second-order valence-corrected chi connectivity index (χ2v) is 3.68. The SMILES string of the molecule is CC[C@@H](C(N)=O)N1CC(CN)CC1=O.Cl. The highest BCUT2D eigenvalue weighted by molar-refractivity contribution is 5.87. The number of primary amides is 1. The minimum atomic E-state index is -0.459. The van der Waals surface area contributed by atoms with Crippen LogP contribution in [0.1, 0.15) is 19.8 Å². The first-order valence-electron chi connectivity index (χ1n) is 4.89. The zero-order chi connectivity index (χ0) is 10.7. The molecule has 15 heavy (non-hydrogen) atoms. The van der Waals surface area contributed by atoms with Gasteiger partial charge in [0.25, 0.3) is 0 Å². The molecule has 1 unspecified atom stereocenters. The van der Waals surface area contributed by atoms with Crippen molar-refractivity contribution in [1.82, 2.24) is 4.90 Å². The van der Waals surface area contributed by atoms with Crippen LogP contribution < -0.4 is 11.5 Å². The first kappa shape index (κ1) is 14.2. The van der Waals surface area contributed by atoms with Gasteiger partial charge in [-0.3, -0.25) is 9.59 Å². The lowest BCUT2D eigenvalue weighted by Crippen LogP contribution is -2.45. The van der Waals surface area contributed by atoms with Crippen molar-refractivity contribution < 1.29 is 9.59 Å². The summed E-state index contributed by atoms with van der Waals surface area (Å²) in [5.74, 6) is -0.263. The molecular formula is C9H18ClN3O2. The number of amides is 2. The van der Waals surface area contributed by atoms with Crippen molar-refractivity contribution >= 4 is 24.2 Å². The van der Waals surface area contributed by atoms with Gasteiger partial charge < -0.3 is 16.4 Å². The third-order valence-corrected chi connectivity index (χ3v) is 2.66. The summed E-state index contributed by atoms with van der Waals surface area (Å²) in [5, 5.41) is 0. The van der Waals surface area contributed by atoms with Crippen LogP contribution in [0, 0.1) is 5.92 Å². The molecule has 5 nitrogen and oxygen atoms in total. The Bertz CT molecular complexity index is 248. The van der Waals surface area contributed by atoms with E-state index in [-0.39, 0.29) is 24.2 Å². The normalized spacial score (nSPS) is 22.4. The third-order valence-electron chi connectivity index (χ3n) is 2.66. The maximum atomic E-state index is 11.5. The Labute approximate surface area is 95.6 Å². The Morgan fingerprint density at radius 1 is 1.67 bits per heavy atom. The summed E-state index contributed by atoms with van der Waals surface area (Å²) in [6.07, 6.45) is 1.01. The van der Waals surface area contributed by atoms with Gasteiger partial charge in [0.05, 0.1) is 0 Å². The van der Waals surface area contributed by atoms with E-state index in [1.807, 2.05) is 6.92 Å². The maximum absolute atomic E-state index is 11.5. The molecule has 0 aromatic carbocycles. The lowest BCUT2D eigenvalue weighted by atomic mass is 10.1. The van der Waals surface area contributed by atoms with Gasteiger partial charge in [0.1, 0.15) is 6.04 Å². The monoisotopic (exact) mass is 235 g/mol. The van der Waals surface area contributed by atoms with Gasteiger partial charge in [0, 0.05) is 13.0 Å². The molecule has 0 radical (unpaired) electrons. The summed E-state index contributed by atoms with van der Waals surface area (Å²) >= 11 is 0. The van der Waals surface area contributed by atoms with Gasteiger partial charge in [-0.05, 0) is 18.9 Å². The molecule has 0 aromatic rings. The molecule has 0 aromatic heterocycles. The number of likely N-dealkylation sites (tertiary alicyclic amines) is 1. The minimum Gasteiger partial charge on any atom is -0.368 e. The Morgan fingerprint density at radius 2 is 2.27 bits per heavy atom. The maximum Gasteiger partial charge on any atom is 0.240 e. The smallest absolute Gasteiger partial charge is 0.240 e. The van der Waals surface area contributed by atoms with Crippen LogP contribution in [0.5, 0.6) is 0 Å². The predicted octanol–water partition coefficient (Wildman–Crippen LogP) is -0.521. The summed E-state index contributed by atoms with van der Waals surface area (Å²) in [5.41, 5.74) is 10.7. The van der Waals surface area contributed by atoms with E-state index in [0.717, 1.165) is 0 Å². The summed E-state index contributed by atoms with van der Waals surface area (Å²) in [6.45, 7) is 2.90. The molecule has 0 bridgehead atoms. The van der Waals surface area contributed by atoms with Gasteiger partial charge in [0.15, 0.2) is 0 Å². The van der Waals surface area contributed by atoms with Crippen LogP contribution in [0.4, 0.5) is 0 Å². The number of hydrogen-bond acceptors (Lipinski definition) is 3. The molecule has 1 rings (SSSR count). The van der Waals surface area contributed by atoms with Crippen LogP contribution in [0.15, 0.2) is 0 Å². The van der Waals surface area contributed by atoms with Crippen molar-refractivity contribution in [3.05, 3.63) is 0 Å². The molecule has 0 aliphatic carbocycles. The van der Waals surface area contributed by atoms with Crippen molar-refractivity contribution in [3.8, 4) is 0 Å². The van der Waals surface area contributed by atoms with Crippen LogP contribution in [-0.2, 0) is 9.59 Å². The molecule has 2 amide bonds. The van der Waals surface area contributed by atoms with E-state index in [0.29, 0.717) is 25.9 Å². The summed E-state index contributed by atoms with van der Waals surface area (Å²) < 4.78 is 0. The summed E-state index contributed by atoms with van der Waals surface area (Å²) in [6, 6.07) is -0.459. The lowest BCUT2D eigenvalue weighted by Gasteiger charge is -2.24. The standard InChI is InChI=1S/C9H17N3O2.ClH/c1-2-7(9(11)14)12-5-6(4-10)3-8(12)13;/h6-7H,2-5,10H2,1H3,(H2,11,14);1H/t6?,7-;/m0./s1. The summed E-state index contributed by atoms with van der Waals surface area (Å²) in [4.78, 5) is 24.1. The fourth-order valence-electron chi connectivity index (χ4n) is 1.84. The van der Waals surface area contributed by atoms with Crippen molar-refractivity contribution in [2.45, 2.75) is 25.8 Å². The van der Waals surface area contributed by atoms with Crippen LogP contribution in [0.2, 0.25) is 0 Å². The quantitative estimate of drug-likeness (QED) is 0.687. The van der Waals surface area contributed by atoms with Gasteiger partial charge >= 0.3 is 0 Å². The van der Waals surface area contributed by atoms with E-state index in [1.54, 1.807) is 4.90 Å². The zero-order valence-corrected chi connectivity index (χ0v) is 9.63. The molecule has 6 heteroatoms. The van der Waals surface area contributed by atoms with Gasteiger partial charge in [-0.2, -0.15) is 0 Å². The first-order chi connectivity index (χ1) is 6.60. The van der Waals surface area contributed by atoms with Crippen molar-refractivity contribution in [2.24, 2.45) is 17.4 Å². The predicted molar refractivity (Wildman–Crippen MR) is 59.4 cm³/mol. The second-order valence-electron chi connectivity index (χ2n) is 3.68. The Kier molecular flexibility index (Phi) is 5.60. The Morgan fingerprint density at radius 3 is 2.60 bits per heavy atom. The molecule has 1 saturated heterocycles. The van der Waals surface area contributed by atoms with Gasteiger partial charge in [-0.1, -0.05) is 6.92 Å². The van der Waals surface area contributed by atoms with Gasteiger partial charge in [0.2, 0.25) is 11.8 Å². The highest BCUT2D eigenvalue weighted by atomic mass is 35.5. The fraction of sp³-hybridized carbons (Fsp3) is 0.778. The number of rotatable bonds is 4. The Balaban J connectivity index is 0.00000196. The molecular weight excluding hydrogens is 218 g/mol. The highest BCUT2D eigenvalue weighted by Gasteiger charge is 2.35. The topological polar surface area (TPSA) is 89.4 Å². The average molecular weight is 236 g/mol. The van der Waals surface area contributed by atoms with Crippen LogP contribution in [0.25, 0.3) is 0 Å². The number of halogens is 1. The zero-order valence-electron chi connectivity index (χ0n) is 8.81. The van der Waals surface area contributed by atoms with E-state index < -0.39 is 11.9 Å². The first-order valence-corrected chi connectivity index (χ1v) is 4.89. The average Bonchev–Trinajstić information content (AvgIpc) is 2.48. The molecule has 1 aliphatic rings. The molecule has 1 aliphatic heterocycles. The fourth-order valence-corrected chi connectivity index (χ4v) is 1.84. The number of nitrogens with two attached hydrogens (primary N) is 2. The second kappa shape index (κ2) is 5.92. The van der Waals surface area contributed by atoms with Crippen molar-refractivity contribution in [1.29, 1.82) is 0 Å². The molecule has 2 atom stereocenters. The van der Waals surface area contributed by atoms with E-state index in [9.17, 15) is 9.59 Å². The van der Waals surface area contributed by atoms with Crippen LogP contribution in [-0.4, -0.2) is 35.8 Å². The third kappa shape index (κ3) is 3.07. The largest absolute Gasteiger partial charge is 0.368 e.